The summed E-state index contributed by atoms with van der Waals surface area (Å²) in [6.07, 6.45) is 9.42. The van der Waals surface area contributed by atoms with Gasteiger partial charge in [0, 0.05) is 87.9 Å². The van der Waals surface area contributed by atoms with Crippen LogP contribution in [0.15, 0.2) is 140 Å². The Hall–Kier alpha value is -11.3. The molecule has 612 valence electrons. The van der Waals surface area contributed by atoms with Crippen LogP contribution in [0, 0.1) is 5.92 Å². The Morgan fingerprint density at radius 2 is 1.01 bits per heavy atom. The summed E-state index contributed by atoms with van der Waals surface area (Å²) in [5, 5.41) is 46.7. The lowest BCUT2D eigenvalue weighted by Crippen LogP contribution is -2.61. The third-order valence-electron chi connectivity index (χ3n) is 19.1. The van der Waals surface area contributed by atoms with E-state index < -0.39 is 144 Å². The van der Waals surface area contributed by atoms with E-state index in [-0.39, 0.29) is 120 Å². The number of aromatic nitrogens is 3. The van der Waals surface area contributed by atoms with E-state index in [1.165, 1.54) is 55.8 Å². The number of hydrogen-bond acceptors (Lipinski definition) is 18. The smallest absolute Gasteiger partial charge is 0.269 e. The van der Waals surface area contributed by atoms with Gasteiger partial charge >= 0.3 is 0 Å². The van der Waals surface area contributed by atoms with E-state index in [0.29, 0.717) is 47.5 Å². The van der Waals surface area contributed by atoms with Gasteiger partial charge in [0.2, 0.25) is 65.0 Å². The van der Waals surface area contributed by atoms with Gasteiger partial charge in [-0.1, -0.05) is 106 Å². The topological polar surface area (TPSA) is 454 Å². The maximum Gasteiger partial charge on any atom is 0.269 e. The lowest BCUT2D eigenvalue weighted by atomic mass is 9.99. The number of benzene rings is 3. The van der Waals surface area contributed by atoms with Crippen molar-refractivity contribution in [3.63, 3.8) is 0 Å². The molecule has 6 aromatic rings. The first kappa shape index (κ1) is 89.9. The molecular formula is C82H108ClN17O14. The van der Waals surface area contributed by atoms with Gasteiger partial charge in [0.15, 0.2) is 0 Å². The van der Waals surface area contributed by atoms with Crippen LogP contribution in [-0.2, 0) is 72.0 Å². The van der Waals surface area contributed by atoms with Crippen molar-refractivity contribution in [3.05, 3.63) is 173 Å². The van der Waals surface area contributed by atoms with Crippen LogP contribution in [-0.4, -0.2) is 201 Å². The normalized spacial score (nSPS) is 14.9. The van der Waals surface area contributed by atoms with Crippen molar-refractivity contribution in [2.75, 3.05) is 32.8 Å². The Morgan fingerprint density at radius 3 is 1.58 bits per heavy atom. The number of aliphatic hydroxyl groups excluding tert-OH is 1. The zero-order valence-corrected chi connectivity index (χ0v) is 66.1. The number of nitrogens with one attached hydrogen (secondary N) is 12. The summed E-state index contributed by atoms with van der Waals surface area (Å²) in [5.41, 5.74) is 7.60. The Labute approximate surface area is 669 Å². The number of carbonyl (C=O) groups excluding carboxylic acids is 13. The number of nitrogens with two attached hydrogens (primary N) is 1. The fourth-order valence-corrected chi connectivity index (χ4v) is 13.1. The van der Waals surface area contributed by atoms with E-state index in [4.69, 9.17) is 17.3 Å². The number of primary amides is 1. The number of nitrogens with zero attached hydrogens (tertiary/aromatic N) is 4. The summed E-state index contributed by atoms with van der Waals surface area (Å²) in [6, 6.07) is 17.6. The first-order chi connectivity index (χ1) is 54.7. The molecule has 1 fully saturated rings. The van der Waals surface area contributed by atoms with Crippen molar-refractivity contribution in [3.8, 4) is 0 Å². The van der Waals surface area contributed by atoms with E-state index in [1.807, 2.05) is 70.2 Å². The monoisotopic (exact) mass is 1590 g/mol. The molecule has 7 rings (SSSR count). The number of unbranched alkanes of at least 4 members (excludes halogenated alkanes) is 3. The maximum absolute atomic E-state index is 15.2. The molecule has 114 heavy (non-hydrogen) atoms. The van der Waals surface area contributed by atoms with Crippen molar-refractivity contribution < 1.29 is 67.4 Å². The van der Waals surface area contributed by atoms with Gasteiger partial charge in [0.25, 0.3) is 11.8 Å². The molecule has 3 aromatic carbocycles. The molecule has 31 nitrogen and oxygen atoms in total. The van der Waals surface area contributed by atoms with Gasteiger partial charge in [-0.25, -0.2) is 0 Å². The van der Waals surface area contributed by atoms with Crippen LogP contribution in [0.25, 0.3) is 10.8 Å². The zero-order valence-electron chi connectivity index (χ0n) is 65.3. The van der Waals surface area contributed by atoms with Crippen LogP contribution in [0.4, 0.5) is 0 Å². The highest BCUT2D eigenvalue weighted by molar-refractivity contribution is 6.30. The van der Waals surface area contributed by atoms with E-state index in [1.54, 1.807) is 60.7 Å². The van der Waals surface area contributed by atoms with E-state index >= 15 is 9.59 Å². The number of rotatable bonds is 46. The average molecular weight is 1590 g/mol. The molecule has 10 atom stereocenters. The van der Waals surface area contributed by atoms with Crippen LogP contribution in [0.5, 0.6) is 0 Å². The molecule has 0 unspecified atom stereocenters. The van der Waals surface area contributed by atoms with Gasteiger partial charge < -0.3 is 79.5 Å². The maximum atomic E-state index is 15.2. The number of hydrogen-bond donors (Lipinski definition) is 14. The lowest BCUT2D eigenvalue weighted by Gasteiger charge is -2.31. The fourth-order valence-electron chi connectivity index (χ4n) is 13.0. The molecule has 4 heterocycles. The molecule has 0 bridgehead atoms. The van der Waals surface area contributed by atoms with Crippen LogP contribution >= 0.6 is 11.6 Å². The van der Waals surface area contributed by atoms with Crippen LogP contribution < -0.4 is 69.5 Å². The zero-order chi connectivity index (χ0) is 82.6. The summed E-state index contributed by atoms with van der Waals surface area (Å²) >= 11 is 6.27. The molecule has 1 aliphatic rings. The molecule has 1 aliphatic heterocycles. The minimum atomic E-state index is -1.83. The van der Waals surface area contributed by atoms with Crippen molar-refractivity contribution in [1.82, 2.24) is 83.7 Å². The summed E-state index contributed by atoms with van der Waals surface area (Å²) in [7, 11) is 0. The first-order valence-corrected chi connectivity index (χ1v) is 39.2. The summed E-state index contributed by atoms with van der Waals surface area (Å²) in [5.74, 6) is -9.80. The van der Waals surface area contributed by atoms with Crippen molar-refractivity contribution >= 4 is 99.2 Å². The highest BCUT2D eigenvalue weighted by Crippen LogP contribution is 2.23. The van der Waals surface area contributed by atoms with Crippen LogP contribution in [0.2, 0.25) is 5.02 Å². The predicted molar refractivity (Wildman–Crippen MR) is 428 cm³/mol. The van der Waals surface area contributed by atoms with Gasteiger partial charge in [-0.3, -0.25) is 77.3 Å². The Morgan fingerprint density at radius 1 is 0.500 bits per heavy atom. The van der Waals surface area contributed by atoms with Gasteiger partial charge in [-0.15, -0.1) is 0 Å². The molecule has 1 saturated heterocycles. The molecule has 32 heteroatoms. The van der Waals surface area contributed by atoms with Crippen molar-refractivity contribution in [2.24, 2.45) is 11.7 Å². The molecule has 0 saturated carbocycles. The Balaban J connectivity index is 1.15. The molecular weight excluding hydrogens is 1480 g/mol. The van der Waals surface area contributed by atoms with Gasteiger partial charge in [-0.05, 0) is 166 Å². The van der Waals surface area contributed by atoms with Crippen LogP contribution in [0.1, 0.15) is 156 Å². The second-order valence-corrected chi connectivity index (χ2v) is 29.6. The summed E-state index contributed by atoms with van der Waals surface area (Å²) < 4.78 is 0. The number of pyridine rings is 3. The van der Waals surface area contributed by atoms with Gasteiger partial charge in [0.05, 0.1) is 12.2 Å². The lowest BCUT2D eigenvalue weighted by molar-refractivity contribution is -0.142. The number of halogens is 1. The van der Waals surface area contributed by atoms with Gasteiger partial charge in [-0.2, -0.15) is 0 Å². The van der Waals surface area contributed by atoms with Crippen LogP contribution in [0.3, 0.4) is 0 Å². The van der Waals surface area contributed by atoms with Crippen molar-refractivity contribution in [1.29, 1.82) is 0 Å². The molecule has 13 amide bonds. The third-order valence-corrected chi connectivity index (χ3v) is 19.3. The van der Waals surface area contributed by atoms with E-state index in [0.717, 1.165) is 10.8 Å². The van der Waals surface area contributed by atoms with Gasteiger partial charge in [0.1, 0.15) is 66.1 Å². The van der Waals surface area contributed by atoms with E-state index in [2.05, 4.69) is 78.8 Å². The minimum absolute atomic E-state index is 0.0275. The molecule has 3 aromatic heterocycles. The highest BCUT2D eigenvalue weighted by Gasteiger charge is 2.40. The fraction of sp³-hybridized carbons (Fsp3) is 0.463. The second-order valence-electron chi connectivity index (χ2n) is 29.2. The Bertz CT molecular complexity index is 4210. The molecule has 0 spiro atoms. The average Bonchev–Trinajstić information content (AvgIpc) is 1.51. The predicted octanol–water partition coefficient (Wildman–Crippen LogP) is 2.99. The number of carbonyl (C=O) groups is 13. The first-order valence-electron chi connectivity index (χ1n) is 38.8. The quantitative estimate of drug-likeness (QED) is 0.0244. The third kappa shape index (κ3) is 30.0. The number of likely N-dealkylation sites (tertiary alicyclic amines) is 1. The van der Waals surface area contributed by atoms with Crippen molar-refractivity contribution in [2.45, 2.75) is 204 Å². The summed E-state index contributed by atoms with van der Waals surface area (Å²) in [4.78, 5) is 197. The standard InChI is InChI=1S/C82H108ClN17O14/c1-50(2)42-65(76(108)95-64(27-12-13-37-87-51(3)4)82(114)100-41-19-28-70(100)81(113)91-52(5)71(84)103)96-75(107)63(26-11-16-40-90-73(105)61-24-9-14-38-88-61)93-74(106)62(25-10-15-39-89-72(104)59-23-18-36-86-48-59)94-80(112)69(49-101)99-79(111)68(46-56-20-17-35-85-47-56)98-78(110)67(44-54-30-33-60(83)34-31-54)97-77(109)66(92-53(6)102)45-55-29-32-57-21-7-8-22-58(57)43-55/h7-9,14,17-18,20-24,29-36,38,43,47-48,50-52,62-70,87,101H,10-13,15-16,19,25-28,37,39-42,44-46,49H2,1-6H3,(H2,84,103)(H,89,104)(H,90,105)(H,91,113)(H,92,102)(H,93,106)(H,94,112)(H,95,108)(H,96,107)(H,97,109)(H,98,110)(H,99,111)/t52-,62+,63-,64+,65+,66-,67-,68-,69+,70+/m1/s1. The minimum Gasteiger partial charge on any atom is -0.394 e. The number of aliphatic hydroxyl groups is 1. The Kier molecular flexibility index (Phi) is 36.8. The highest BCUT2D eigenvalue weighted by atomic mass is 35.5. The second kappa shape index (κ2) is 46.6. The molecule has 15 N–H and O–H groups in total. The largest absolute Gasteiger partial charge is 0.394 e. The summed E-state index contributed by atoms with van der Waals surface area (Å²) in [6.45, 7) is 10.2. The molecule has 0 aliphatic carbocycles. The van der Waals surface area contributed by atoms with E-state index in [9.17, 15) is 57.8 Å². The number of amides is 13. The SMILES string of the molecule is CC(=O)N[C@H](Cc1ccc2ccccc2c1)C(=O)N[C@H](Cc1ccc(Cl)cc1)C(=O)N[C@H](Cc1cccnc1)C(=O)N[C@@H](CO)C(=O)N[C@@H](CCCCNC(=O)c1cccnc1)C(=O)N[C@H](CCCCNC(=O)c1ccccn1)C(=O)N[C@@H](CC(C)C)C(=O)N[C@@H](CCCCNC(C)C)C(=O)N1CCC[C@H]1C(=O)N[C@H](C)C(N)=O. The molecule has 0 radical (unpaired) electrons. The number of fused-ring (bicyclic) bond motifs is 1.